The van der Waals surface area contributed by atoms with Gasteiger partial charge in [0.05, 0.1) is 19.8 Å². The van der Waals surface area contributed by atoms with Crippen molar-refractivity contribution < 1.29 is 14.2 Å². The summed E-state index contributed by atoms with van der Waals surface area (Å²) in [7, 11) is 1.69. The number of methoxy groups -OCH3 is 1. The van der Waals surface area contributed by atoms with Crippen LogP contribution in [-0.4, -0.2) is 33.5 Å². The lowest BCUT2D eigenvalue weighted by Gasteiger charge is -2.11. The van der Waals surface area contributed by atoms with E-state index in [4.69, 9.17) is 14.2 Å². The van der Waals surface area contributed by atoms with Crippen LogP contribution in [0.3, 0.4) is 0 Å². The lowest BCUT2D eigenvalue weighted by atomic mass is 10.0. The van der Waals surface area contributed by atoms with Crippen molar-refractivity contribution >= 4 is 0 Å². The molecule has 0 saturated heterocycles. The summed E-state index contributed by atoms with van der Waals surface area (Å²) in [6.07, 6.45) is 25.2. The minimum atomic E-state index is 0.561. The van der Waals surface area contributed by atoms with Gasteiger partial charge in [-0.15, -0.1) is 0 Å². The Bertz CT molecular complexity index is 787. The van der Waals surface area contributed by atoms with E-state index in [1.807, 2.05) is 0 Å². The number of hydrogen-bond donors (Lipinski definition) is 0. The highest BCUT2D eigenvalue weighted by Crippen LogP contribution is 2.37. The largest absolute Gasteiger partial charge is 0.491 e. The molecule has 0 spiro atoms. The Morgan fingerprint density at radius 1 is 0.579 bits per heavy atom. The lowest BCUT2D eigenvalue weighted by molar-refractivity contribution is 0.0545. The monoisotopic (exact) mass is 526 g/mol. The lowest BCUT2D eigenvalue weighted by Crippen LogP contribution is -2.10. The predicted octanol–water partition coefficient (Wildman–Crippen LogP) is 10.3. The minimum absolute atomic E-state index is 0.561. The Kier molecular flexibility index (Phi) is 19.1. The molecule has 2 aliphatic rings. The quantitative estimate of drug-likeness (QED) is 0.120. The van der Waals surface area contributed by atoms with Gasteiger partial charge in [0.25, 0.3) is 0 Å². The first-order chi connectivity index (χ1) is 18.8. The predicted molar refractivity (Wildman–Crippen MR) is 164 cm³/mol. The van der Waals surface area contributed by atoms with E-state index in [2.05, 4.69) is 44.2 Å². The van der Waals surface area contributed by atoms with Crippen LogP contribution in [0.1, 0.15) is 127 Å². The Balaban J connectivity index is 1.55. The van der Waals surface area contributed by atoms with E-state index < -0.39 is 0 Å². The smallest absolute Gasteiger partial charge is 0.127 e. The van der Waals surface area contributed by atoms with Crippen LogP contribution in [0.25, 0.3) is 11.1 Å². The summed E-state index contributed by atoms with van der Waals surface area (Å²) < 4.78 is 16.8. The second kappa shape index (κ2) is 22.3. The van der Waals surface area contributed by atoms with Gasteiger partial charge in [0.1, 0.15) is 12.4 Å². The third kappa shape index (κ3) is 14.5. The van der Waals surface area contributed by atoms with Gasteiger partial charge in [0.2, 0.25) is 0 Å². The zero-order valence-corrected chi connectivity index (χ0v) is 25.2. The number of rotatable bonds is 25. The molecular weight excluding hydrogens is 468 g/mol. The molecule has 0 aromatic carbocycles. The molecule has 38 heavy (non-hydrogen) atoms. The zero-order chi connectivity index (χ0) is 27.1. The van der Waals surface area contributed by atoms with E-state index in [1.165, 1.54) is 131 Å². The minimum Gasteiger partial charge on any atom is -0.491 e. The van der Waals surface area contributed by atoms with Gasteiger partial charge < -0.3 is 14.2 Å². The molecule has 3 heteroatoms. The fourth-order valence-electron chi connectivity index (χ4n) is 5.37. The van der Waals surface area contributed by atoms with Crippen molar-refractivity contribution in [3.05, 3.63) is 41.5 Å². The van der Waals surface area contributed by atoms with Crippen molar-refractivity contribution in [2.75, 3.05) is 33.5 Å². The maximum Gasteiger partial charge on any atom is 0.127 e. The van der Waals surface area contributed by atoms with E-state index in [-0.39, 0.29) is 0 Å². The third-order valence-electron chi connectivity index (χ3n) is 7.67. The molecule has 0 heterocycles. The Labute approximate surface area is 235 Å². The van der Waals surface area contributed by atoms with Crippen LogP contribution in [0.4, 0.5) is 0 Å². The van der Waals surface area contributed by atoms with E-state index in [1.54, 1.807) is 7.11 Å². The molecule has 0 aromatic heterocycles. The summed E-state index contributed by atoms with van der Waals surface area (Å²) in [5.41, 5.74) is 5.25. The highest BCUT2D eigenvalue weighted by atomic mass is 16.5. The molecule has 2 aliphatic carbocycles. The van der Waals surface area contributed by atoms with Crippen LogP contribution >= 0.6 is 0 Å². The molecule has 0 atom stereocenters. The Morgan fingerprint density at radius 3 is 1.71 bits per heavy atom. The Hall–Kier alpha value is -1.58. The first-order valence-electron chi connectivity index (χ1n) is 16.0. The van der Waals surface area contributed by atoms with Gasteiger partial charge in [-0.3, -0.25) is 0 Å². The van der Waals surface area contributed by atoms with Gasteiger partial charge in [-0.1, -0.05) is 139 Å². The molecule has 0 N–H and O–H groups in total. The normalized spacial score (nSPS) is 11.4. The standard InChI is InChI=1S/C35H58O3/c1-4-5-6-7-8-9-10-11-12-13-14-15-16-17-18-19-20-21-32-23-24-33-30-31(2)22-25-34(35(32)33)38-29-28-37-27-26-36-3/h22-25,30H,4-21,26-29H2,1-3H3. The number of fused-ring (bicyclic) bond motifs is 1. The highest BCUT2D eigenvalue weighted by Gasteiger charge is 2.14. The zero-order valence-electron chi connectivity index (χ0n) is 25.2. The van der Waals surface area contributed by atoms with E-state index in [0.717, 1.165) is 12.2 Å². The summed E-state index contributed by atoms with van der Waals surface area (Å²) in [5, 5.41) is 0. The van der Waals surface area contributed by atoms with Crippen LogP contribution in [-0.2, 0) is 15.9 Å². The summed E-state index contributed by atoms with van der Waals surface area (Å²) in [6.45, 7) is 6.82. The van der Waals surface area contributed by atoms with Gasteiger partial charge in [0.15, 0.2) is 0 Å². The average molecular weight is 527 g/mol. The van der Waals surface area contributed by atoms with Crippen molar-refractivity contribution in [1.29, 1.82) is 0 Å². The van der Waals surface area contributed by atoms with Crippen molar-refractivity contribution in [1.82, 2.24) is 0 Å². The molecule has 0 amide bonds. The first-order valence-corrected chi connectivity index (χ1v) is 16.0. The number of aryl methyl sites for hydroxylation is 2. The van der Waals surface area contributed by atoms with Crippen LogP contribution < -0.4 is 4.74 Å². The summed E-state index contributed by atoms with van der Waals surface area (Å²) in [5.74, 6) is 0.982. The van der Waals surface area contributed by atoms with Gasteiger partial charge >= 0.3 is 0 Å². The van der Waals surface area contributed by atoms with Crippen molar-refractivity contribution in [3.8, 4) is 16.9 Å². The van der Waals surface area contributed by atoms with Gasteiger partial charge in [-0.2, -0.15) is 0 Å². The number of hydrogen-bond acceptors (Lipinski definition) is 3. The molecule has 0 fully saturated rings. The highest BCUT2D eigenvalue weighted by molar-refractivity contribution is 5.77. The molecule has 0 unspecified atom stereocenters. The van der Waals surface area contributed by atoms with E-state index >= 15 is 0 Å². The topological polar surface area (TPSA) is 27.7 Å². The molecule has 2 rings (SSSR count). The average Bonchev–Trinajstić information content (AvgIpc) is 3.23. The van der Waals surface area contributed by atoms with Crippen molar-refractivity contribution in [2.45, 2.75) is 129 Å². The van der Waals surface area contributed by atoms with E-state index in [0.29, 0.717) is 26.4 Å². The molecule has 0 saturated carbocycles. The SMILES string of the molecule is CCCCCCCCCCCCCCCCCCCc1ccc2cc(C)ccc(OCCOCCOC)c1-2. The van der Waals surface area contributed by atoms with Gasteiger partial charge in [0, 0.05) is 12.7 Å². The fourth-order valence-corrected chi connectivity index (χ4v) is 5.37. The number of ether oxygens (including phenoxy) is 3. The molecule has 3 nitrogen and oxygen atoms in total. The molecular formula is C35H58O3. The van der Waals surface area contributed by atoms with Crippen molar-refractivity contribution in [3.63, 3.8) is 0 Å². The summed E-state index contributed by atoms with van der Waals surface area (Å²) in [6, 6.07) is 11.1. The van der Waals surface area contributed by atoms with Crippen LogP contribution in [0, 0.1) is 6.92 Å². The summed E-state index contributed by atoms with van der Waals surface area (Å²) >= 11 is 0. The van der Waals surface area contributed by atoms with Crippen LogP contribution in [0.2, 0.25) is 0 Å². The molecule has 0 radical (unpaired) electrons. The molecule has 0 aromatic rings. The molecule has 0 bridgehead atoms. The Morgan fingerprint density at radius 2 is 1.13 bits per heavy atom. The fraction of sp³-hybridized carbons (Fsp3) is 0.714. The van der Waals surface area contributed by atoms with Gasteiger partial charge in [-0.05, 0) is 37.0 Å². The first kappa shape index (κ1) is 32.6. The van der Waals surface area contributed by atoms with Crippen LogP contribution in [0.15, 0.2) is 30.3 Å². The summed E-state index contributed by atoms with van der Waals surface area (Å²) in [4.78, 5) is 0. The van der Waals surface area contributed by atoms with E-state index in [9.17, 15) is 0 Å². The molecule has 0 aliphatic heterocycles. The van der Waals surface area contributed by atoms with Crippen LogP contribution in [0.5, 0.6) is 5.75 Å². The number of unbranched alkanes of at least 4 members (excludes halogenated alkanes) is 16. The third-order valence-corrected chi connectivity index (χ3v) is 7.67. The maximum absolute atomic E-state index is 6.18. The second-order valence-corrected chi connectivity index (χ2v) is 11.1. The van der Waals surface area contributed by atoms with Gasteiger partial charge in [-0.25, -0.2) is 0 Å². The second-order valence-electron chi connectivity index (χ2n) is 11.1. The molecule has 216 valence electrons. The van der Waals surface area contributed by atoms with Crippen molar-refractivity contribution in [2.24, 2.45) is 0 Å². The maximum atomic E-state index is 6.18.